The van der Waals surface area contributed by atoms with Gasteiger partial charge in [-0.05, 0) is 13.8 Å². The van der Waals surface area contributed by atoms with Gasteiger partial charge in [0.1, 0.15) is 18.1 Å². The smallest absolute Gasteiger partial charge is 0.328 e. The van der Waals surface area contributed by atoms with Crippen LogP contribution in [0.3, 0.4) is 0 Å². The SMILES string of the molecule is CC(NC(=O)CN)C(=O)NCC(=O)NC(C)C(=O)NC(CO)C(=O)O. The fraction of sp³-hybridized carbons (Fsp3) is 0.615. The van der Waals surface area contributed by atoms with Crippen molar-refractivity contribution in [2.45, 2.75) is 32.0 Å². The maximum atomic E-state index is 11.7. The molecule has 3 atom stereocenters. The molecule has 142 valence electrons. The van der Waals surface area contributed by atoms with Crippen molar-refractivity contribution < 1.29 is 34.2 Å². The van der Waals surface area contributed by atoms with Crippen molar-refractivity contribution in [3.63, 3.8) is 0 Å². The summed E-state index contributed by atoms with van der Waals surface area (Å²) >= 11 is 0. The molecule has 0 bridgehead atoms. The minimum absolute atomic E-state index is 0.282. The number of aliphatic carboxylic acids is 1. The van der Waals surface area contributed by atoms with Crippen LogP contribution in [0.1, 0.15) is 13.8 Å². The third kappa shape index (κ3) is 8.62. The largest absolute Gasteiger partial charge is 0.480 e. The zero-order valence-corrected chi connectivity index (χ0v) is 13.9. The third-order valence-corrected chi connectivity index (χ3v) is 2.95. The summed E-state index contributed by atoms with van der Waals surface area (Å²) in [6.07, 6.45) is 0. The molecule has 0 aliphatic rings. The Morgan fingerprint density at radius 2 is 1.44 bits per heavy atom. The minimum Gasteiger partial charge on any atom is -0.480 e. The van der Waals surface area contributed by atoms with E-state index in [1.807, 2.05) is 5.32 Å². The van der Waals surface area contributed by atoms with Crippen molar-refractivity contribution in [2.75, 3.05) is 19.7 Å². The number of rotatable bonds is 10. The Bertz CT molecular complexity index is 525. The van der Waals surface area contributed by atoms with E-state index in [0.29, 0.717) is 0 Å². The second-order valence-electron chi connectivity index (χ2n) is 5.08. The first-order chi connectivity index (χ1) is 11.6. The quantitative estimate of drug-likeness (QED) is 0.202. The van der Waals surface area contributed by atoms with Crippen molar-refractivity contribution in [3.05, 3.63) is 0 Å². The molecule has 4 amide bonds. The Morgan fingerprint density at radius 1 is 0.920 bits per heavy atom. The van der Waals surface area contributed by atoms with Crippen LogP contribution in [0, 0.1) is 0 Å². The van der Waals surface area contributed by atoms with Crippen LogP contribution >= 0.6 is 0 Å². The molecule has 0 spiro atoms. The molecule has 0 rings (SSSR count). The van der Waals surface area contributed by atoms with Crippen LogP contribution in [0.15, 0.2) is 0 Å². The van der Waals surface area contributed by atoms with Crippen LogP contribution in [0.4, 0.5) is 0 Å². The molecular formula is C13H23N5O7. The maximum absolute atomic E-state index is 11.7. The molecule has 0 heterocycles. The average Bonchev–Trinajstić information content (AvgIpc) is 2.56. The summed E-state index contributed by atoms with van der Waals surface area (Å²) < 4.78 is 0. The second kappa shape index (κ2) is 10.9. The molecule has 12 heteroatoms. The molecule has 0 saturated heterocycles. The van der Waals surface area contributed by atoms with Gasteiger partial charge in [-0.1, -0.05) is 0 Å². The molecule has 0 aromatic rings. The lowest BCUT2D eigenvalue weighted by molar-refractivity contribution is -0.143. The summed E-state index contributed by atoms with van der Waals surface area (Å²) in [4.78, 5) is 56.8. The van der Waals surface area contributed by atoms with E-state index in [2.05, 4.69) is 16.0 Å². The molecule has 0 radical (unpaired) electrons. The number of nitrogens with two attached hydrogens (primary N) is 1. The second-order valence-corrected chi connectivity index (χ2v) is 5.08. The molecule has 8 N–H and O–H groups in total. The number of aliphatic hydroxyl groups is 1. The summed E-state index contributed by atoms with van der Waals surface area (Å²) in [5.41, 5.74) is 5.09. The standard InChI is InChI=1S/C13H23N5O7/c1-6(16-9(20)3-14)11(22)15-4-10(21)17-7(2)12(23)18-8(5-19)13(24)25/h6-8,19H,3-5,14H2,1-2H3,(H,15,22)(H,16,20)(H,17,21)(H,18,23)(H,24,25). The Labute approximate surface area is 143 Å². The van der Waals surface area contributed by atoms with Gasteiger partial charge in [0.05, 0.1) is 19.7 Å². The van der Waals surface area contributed by atoms with Gasteiger partial charge in [-0.15, -0.1) is 0 Å². The summed E-state index contributed by atoms with van der Waals surface area (Å²) in [6, 6.07) is -3.48. The lowest BCUT2D eigenvalue weighted by Gasteiger charge is -2.18. The van der Waals surface area contributed by atoms with Gasteiger partial charge in [0, 0.05) is 0 Å². The predicted octanol–water partition coefficient (Wildman–Crippen LogP) is -4.37. The van der Waals surface area contributed by atoms with Crippen molar-refractivity contribution in [1.29, 1.82) is 0 Å². The minimum atomic E-state index is -1.49. The van der Waals surface area contributed by atoms with Crippen LogP contribution in [-0.4, -0.2) is 77.6 Å². The van der Waals surface area contributed by atoms with Crippen molar-refractivity contribution >= 4 is 29.6 Å². The highest BCUT2D eigenvalue weighted by Crippen LogP contribution is 1.88. The van der Waals surface area contributed by atoms with E-state index in [1.165, 1.54) is 13.8 Å². The highest BCUT2D eigenvalue weighted by Gasteiger charge is 2.23. The maximum Gasteiger partial charge on any atom is 0.328 e. The van der Waals surface area contributed by atoms with Crippen molar-refractivity contribution in [1.82, 2.24) is 21.3 Å². The first kappa shape index (κ1) is 22.3. The lowest BCUT2D eigenvalue weighted by atomic mass is 10.2. The molecule has 0 aromatic carbocycles. The highest BCUT2D eigenvalue weighted by molar-refractivity contribution is 5.93. The average molecular weight is 361 g/mol. The Hall–Kier alpha value is -2.73. The van der Waals surface area contributed by atoms with Crippen molar-refractivity contribution in [3.8, 4) is 0 Å². The number of carbonyl (C=O) groups excluding carboxylic acids is 4. The molecule has 0 aliphatic heterocycles. The van der Waals surface area contributed by atoms with E-state index < -0.39 is 60.9 Å². The molecule has 0 aromatic heterocycles. The van der Waals surface area contributed by atoms with Crippen LogP contribution in [0.25, 0.3) is 0 Å². The van der Waals surface area contributed by atoms with Gasteiger partial charge >= 0.3 is 5.97 Å². The van der Waals surface area contributed by atoms with Crippen LogP contribution < -0.4 is 27.0 Å². The molecular weight excluding hydrogens is 338 g/mol. The van der Waals surface area contributed by atoms with Gasteiger partial charge in [-0.25, -0.2) is 4.79 Å². The van der Waals surface area contributed by atoms with Gasteiger partial charge in [-0.3, -0.25) is 19.2 Å². The topological polar surface area (TPSA) is 200 Å². The van der Waals surface area contributed by atoms with E-state index in [4.69, 9.17) is 15.9 Å². The summed E-state index contributed by atoms with van der Waals surface area (Å²) in [5.74, 6) is -4.10. The number of carboxylic acids is 1. The van der Waals surface area contributed by atoms with E-state index in [1.54, 1.807) is 0 Å². The molecule has 12 nitrogen and oxygen atoms in total. The zero-order valence-electron chi connectivity index (χ0n) is 13.9. The Kier molecular flexibility index (Phi) is 9.74. The molecule has 3 unspecified atom stereocenters. The monoisotopic (exact) mass is 361 g/mol. The number of hydrogen-bond acceptors (Lipinski definition) is 7. The van der Waals surface area contributed by atoms with Crippen LogP contribution in [0.5, 0.6) is 0 Å². The number of nitrogens with one attached hydrogen (secondary N) is 4. The summed E-state index contributed by atoms with van der Waals surface area (Å²) in [6.45, 7) is 1.16. The Balaban J connectivity index is 4.32. The fourth-order valence-electron chi connectivity index (χ4n) is 1.53. The number of hydrogen-bond donors (Lipinski definition) is 7. The van der Waals surface area contributed by atoms with Gasteiger partial charge in [0.2, 0.25) is 23.6 Å². The summed E-state index contributed by atoms with van der Waals surface area (Å²) in [5, 5.41) is 26.4. The molecule has 0 aliphatic carbocycles. The number of amides is 4. The summed E-state index contributed by atoms with van der Waals surface area (Å²) in [7, 11) is 0. The van der Waals surface area contributed by atoms with Gasteiger partial charge < -0.3 is 37.2 Å². The van der Waals surface area contributed by atoms with Gasteiger partial charge in [0.15, 0.2) is 0 Å². The number of carbonyl (C=O) groups is 5. The third-order valence-electron chi connectivity index (χ3n) is 2.95. The van der Waals surface area contributed by atoms with E-state index >= 15 is 0 Å². The first-order valence-corrected chi connectivity index (χ1v) is 7.32. The normalized spacial score (nSPS) is 13.8. The molecule has 0 fully saturated rings. The van der Waals surface area contributed by atoms with Crippen LogP contribution in [-0.2, 0) is 24.0 Å². The zero-order chi connectivity index (χ0) is 19.6. The molecule has 0 saturated carbocycles. The van der Waals surface area contributed by atoms with E-state index in [9.17, 15) is 24.0 Å². The highest BCUT2D eigenvalue weighted by atomic mass is 16.4. The number of aliphatic hydroxyl groups excluding tert-OH is 1. The van der Waals surface area contributed by atoms with Crippen LogP contribution in [0.2, 0.25) is 0 Å². The lowest BCUT2D eigenvalue weighted by Crippen LogP contribution is -2.53. The fourth-order valence-corrected chi connectivity index (χ4v) is 1.53. The van der Waals surface area contributed by atoms with Gasteiger partial charge in [0.25, 0.3) is 0 Å². The van der Waals surface area contributed by atoms with Gasteiger partial charge in [-0.2, -0.15) is 0 Å². The first-order valence-electron chi connectivity index (χ1n) is 7.32. The van der Waals surface area contributed by atoms with Crippen molar-refractivity contribution in [2.24, 2.45) is 5.73 Å². The number of carboxylic acid groups (broad SMARTS) is 1. The van der Waals surface area contributed by atoms with E-state index in [-0.39, 0.29) is 6.54 Å². The Morgan fingerprint density at radius 3 is 1.92 bits per heavy atom. The van der Waals surface area contributed by atoms with E-state index in [0.717, 1.165) is 0 Å². The predicted molar refractivity (Wildman–Crippen MR) is 83.9 cm³/mol. The molecule has 25 heavy (non-hydrogen) atoms.